The summed E-state index contributed by atoms with van der Waals surface area (Å²) in [6.07, 6.45) is -12.9. The van der Waals surface area contributed by atoms with Crippen LogP contribution in [-0.2, 0) is 34.6 Å². The quantitative estimate of drug-likeness (QED) is 0.296. The number of likely N-dealkylation sites (tertiary alicyclic amines) is 1. The number of hydrogen-bond acceptors (Lipinski definition) is 3. The summed E-state index contributed by atoms with van der Waals surface area (Å²) < 4.78 is 122. The fourth-order valence-electron chi connectivity index (χ4n) is 3.63. The fraction of sp³-hybridized carbons (Fsp3) is 0.462. The number of carbonyl (C=O) groups is 2. The molecule has 0 atom stereocenters. The van der Waals surface area contributed by atoms with Crippen LogP contribution in [0.3, 0.4) is 0 Å². The second-order valence-corrected chi connectivity index (χ2v) is 9.88. The molecule has 0 bridgehead atoms. The van der Waals surface area contributed by atoms with E-state index in [0.29, 0.717) is 24.3 Å². The Kier molecular flexibility index (Phi) is 10.1. The number of benzene rings is 2. The molecule has 40 heavy (non-hydrogen) atoms. The fourth-order valence-corrected chi connectivity index (χ4v) is 3.63. The predicted octanol–water partition coefficient (Wildman–Crippen LogP) is 7.67. The van der Waals surface area contributed by atoms with Gasteiger partial charge in [-0.3, -0.25) is 4.79 Å². The number of hydrogen-bond donors (Lipinski definition) is 1. The van der Waals surface area contributed by atoms with Crippen molar-refractivity contribution in [1.82, 2.24) is 10.2 Å². The number of halogens is 9. The highest BCUT2D eigenvalue weighted by molar-refractivity contribution is 5.68. The molecule has 0 aromatic heterocycles. The van der Waals surface area contributed by atoms with Crippen molar-refractivity contribution in [2.45, 2.75) is 64.3 Å². The van der Waals surface area contributed by atoms with E-state index in [-0.39, 0.29) is 29.7 Å². The van der Waals surface area contributed by atoms with Gasteiger partial charge in [0.1, 0.15) is 5.60 Å². The second kappa shape index (κ2) is 12.4. The number of nitrogens with one attached hydrogen (secondary N) is 1. The Labute approximate surface area is 224 Å². The molecule has 1 saturated heterocycles. The maximum atomic E-state index is 13.1. The molecule has 2 aromatic carbocycles. The number of alkyl halides is 9. The third-order valence-corrected chi connectivity index (χ3v) is 5.39. The van der Waals surface area contributed by atoms with Crippen molar-refractivity contribution in [1.29, 1.82) is 0 Å². The molecule has 2 amide bonds. The van der Waals surface area contributed by atoms with E-state index in [0.717, 1.165) is 32.0 Å². The van der Waals surface area contributed by atoms with E-state index in [2.05, 4.69) is 5.32 Å². The van der Waals surface area contributed by atoms with Crippen molar-refractivity contribution < 1.29 is 53.8 Å². The summed E-state index contributed by atoms with van der Waals surface area (Å²) in [7, 11) is 0. The lowest BCUT2D eigenvalue weighted by Gasteiger charge is -2.23. The summed E-state index contributed by atoms with van der Waals surface area (Å²) in [5, 5.41) is 2.09. The van der Waals surface area contributed by atoms with Crippen LogP contribution < -0.4 is 5.32 Å². The molecule has 14 heteroatoms. The van der Waals surface area contributed by atoms with E-state index < -0.39 is 52.9 Å². The second-order valence-electron chi connectivity index (χ2n) is 9.88. The Bertz CT molecular complexity index is 1150. The summed E-state index contributed by atoms with van der Waals surface area (Å²) in [6.45, 7) is 6.98. The third-order valence-electron chi connectivity index (χ3n) is 5.39. The minimum Gasteiger partial charge on any atom is -0.444 e. The lowest BCUT2D eigenvalue weighted by molar-refractivity contribution is -0.143. The third kappa shape index (κ3) is 9.94. The summed E-state index contributed by atoms with van der Waals surface area (Å²) >= 11 is 0. The van der Waals surface area contributed by atoms with Crippen molar-refractivity contribution in [2.24, 2.45) is 0 Å². The lowest BCUT2D eigenvalue weighted by atomic mass is 9.95. The molecule has 0 unspecified atom stereocenters. The average Bonchev–Trinajstić information content (AvgIpc) is 3.35. The smallest absolute Gasteiger partial charge is 0.416 e. The maximum absolute atomic E-state index is 13.1. The molecule has 2 aromatic rings. The number of rotatable bonds is 4. The minimum absolute atomic E-state index is 0.119. The van der Waals surface area contributed by atoms with E-state index in [4.69, 9.17) is 4.74 Å². The Balaban J connectivity index is 0.000000389. The molecule has 0 aliphatic carbocycles. The number of ether oxygens (including phenoxy) is 1. The highest BCUT2D eigenvalue weighted by atomic mass is 19.4. The Morgan fingerprint density at radius 1 is 0.775 bits per heavy atom. The van der Waals surface area contributed by atoms with Crippen LogP contribution in [0, 0.1) is 0 Å². The molecule has 3 rings (SSSR count). The van der Waals surface area contributed by atoms with E-state index in [1.807, 2.05) is 20.8 Å². The van der Waals surface area contributed by atoms with Gasteiger partial charge in [-0.2, -0.15) is 39.5 Å². The van der Waals surface area contributed by atoms with Gasteiger partial charge in [0.15, 0.2) is 0 Å². The summed E-state index contributed by atoms with van der Waals surface area (Å²) in [5.41, 5.74) is -6.29. The molecule has 1 aliphatic heterocycles. The topological polar surface area (TPSA) is 58.6 Å². The van der Waals surface area contributed by atoms with Gasteiger partial charge in [0.25, 0.3) is 0 Å². The molecule has 0 saturated carbocycles. The molecular weight excluding hydrogens is 559 g/mol. The van der Waals surface area contributed by atoms with E-state index >= 15 is 0 Å². The van der Waals surface area contributed by atoms with Gasteiger partial charge in [0.2, 0.25) is 6.41 Å². The van der Waals surface area contributed by atoms with Crippen molar-refractivity contribution >= 4 is 12.5 Å². The largest absolute Gasteiger partial charge is 0.444 e. The van der Waals surface area contributed by atoms with Gasteiger partial charge >= 0.3 is 24.6 Å². The van der Waals surface area contributed by atoms with Crippen LogP contribution in [0.5, 0.6) is 0 Å². The first-order valence-electron chi connectivity index (χ1n) is 11.9. The Morgan fingerprint density at radius 3 is 1.60 bits per heavy atom. The number of nitrogens with zero attached hydrogens (tertiary/aromatic N) is 1. The number of amides is 2. The molecule has 1 aliphatic rings. The van der Waals surface area contributed by atoms with Gasteiger partial charge in [-0.05, 0) is 86.7 Å². The van der Waals surface area contributed by atoms with Gasteiger partial charge in [-0.15, -0.1) is 0 Å². The SMILES string of the molecule is CC(C)(C)OC(=O)N1CCCC1.O=CNCc1cc(-c2cc(C(F)(F)F)cc(C(F)(F)F)c2)cc(C(F)(F)F)c1. The molecule has 0 radical (unpaired) electrons. The van der Waals surface area contributed by atoms with Crippen molar-refractivity contribution in [3.8, 4) is 11.1 Å². The van der Waals surface area contributed by atoms with Gasteiger partial charge in [0.05, 0.1) is 16.7 Å². The molecule has 1 N–H and O–H groups in total. The summed E-state index contributed by atoms with van der Waals surface area (Å²) in [4.78, 5) is 23.5. The average molecular weight is 586 g/mol. The minimum atomic E-state index is -5.14. The standard InChI is InChI=1S/C17H10F9NO.C9H17NO2/c18-15(19,20)12-2-9(7-27-8-28)1-10(3-12)11-4-13(16(21,22)23)6-14(5-11)17(24,25)26;1-9(2,3)12-8(11)10-6-4-5-7-10/h1-6,8H,7H2,(H,27,28);4-7H2,1-3H3. The van der Waals surface area contributed by atoms with Crippen molar-refractivity contribution in [2.75, 3.05) is 13.1 Å². The van der Waals surface area contributed by atoms with E-state index in [1.54, 1.807) is 4.90 Å². The molecule has 222 valence electrons. The zero-order valence-corrected chi connectivity index (χ0v) is 21.7. The molecular formula is C26H27F9N2O3. The summed E-state index contributed by atoms with van der Waals surface area (Å²) in [5.74, 6) is 0. The van der Waals surface area contributed by atoms with Crippen LogP contribution in [0.4, 0.5) is 44.3 Å². The normalized spacial score (nSPS) is 14.3. The van der Waals surface area contributed by atoms with Crippen LogP contribution in [0.25, 0.3) is 11.1 Å². The van der Waals surface area contributed by atoms with Gasteiger partial charge < -0.3 is 15.0 Å². The van der Waals surface area contributed by atoms with Crippen LogP contribution in [0.2, 0.25) is 0 Å². The zero-order chi connectivity index (χ0) is 30.5. The van der Waals surface area contributed by atoms with E-state index in [9.17, 15) is 49.1 Å². The van der Waals surface area contributed by atoms with Crippen molar-refractivity contribution in [3.63, 3.8) is 0 Å². The first-order valence-corrected chi connectivity index (χ1v) is 11.9. The van der Waals surface area contributed by atoms with Gasteiger partial charge in [-0.25, -0.2) is 4.79 Å². The highest BCUT2D eigenvalue weighted by Gasteiger charge is 2.37. The number of carbonyl (C=O) groups excluding carboxylic acids is 2. The molecule has 1 heterocycles. The monoisotopic (exact) mass is 586 g/mol. The Hall–Kier alpha value is -3.45. The van der Waals surface area contributed by atoms with Crippen LogP contribution >= 0.6 is 0 Å². The Morgan fingerprint density at radius 2 is 1.20 bits per heavy atom. The molecule has 0 spiro atoms. The molecule has 5 nitrogen and oxygen atoms in total. The van der Waals surface area contributed by atoms with Crippen molar-refractivity contribution in [3.05, 3.63) is 58.7 Å². The summed E-state index contributed by atoms with van der Waals surface area (Å²) in [6, 6.07) is 2.61. The van der Waals surface area contributed by atoms with E-state index in [1.165, 1.54) is 0 Å². The van der Waals surface area contributed by atoms with Gasteiger partial charge in [-0.1, -0.05) is 0 Å². The first-order chi connectivity index (χ1) is 18.2. The maximum Gasteiger partial charge on any atom is 0.416 e. The molecule has 1 fully saturated rings. The lowest BCUT2D eigenvalue weighted by Crippen LogP contribution is -2.34. The first kappa shape index (κ1) is 32.8. The zero-order valence-electron chi connectivity index (χ0n) is 21.7. The van der Waals surface area contributed by atoms with Crippen LogP contribution in [-0.4, -0.2) is 36.1 Å². The van der Waals surface area contributed by atoms with Crippen LogP contribution in [0.15, 0.2) is 36.4 Å². The highest BCUT2D eigenvalue weighted by Crippen LogP contribution is 2.40. The van der Waals surface area contributed by atoms with Gasteiger partial charge in [0, 0.05) is 19.6 Å². The van der Waals surface area contributed by atoms with Crippen LogP contribution in [0.1, 0.15) is 55.9 Å². The predicted molar refractivity (Wildman–Crippen MR) is 127 cm³/mol.